The molecule has 2 rings (SSSR count). The maximum atomic E-state index is 11.8. The fourth-order valence-electron chi connectivity index (χ4n) is 1.40. The number of ether oxygens (including phenoxy) is 1. The van der Waals surface area contributed by atoms with Gasteiger partial charge >= 0.3 is 5.97 Å². The number of nitrogens with two attached hydrogens (primary N) is 1. The van der Waals surface area contributed by atoms with Gasteiger partial charge in [-0.15, -0.1) is 0 Å². The first-order valence-corrected chi connectivity index (χ1v) is 5.17. The zero-order valence-electron chi connectivity index (χ0n) is 9.58. The van der Waals surface area contributed by atoms with E-state index in [4.69, 9.17) is 15.7 Å². The van der Waals surface area contributed by atoms with Gasteiger partial charge in [0.25, 0.3) is 11.8 Å². The summed E-state index contributed by atoms with van der Waals surface area (Å²) >= 11 is 0. The number of rotatable bonds is 3. The third-order valence-electron chi connectivity index (χ3n) is 2.27. The van der Waals surface area contributed by atoms with Crippen molar-refractivity contribution in [3.05, 3.63) is 47.4 Å². The maximum Gasteiger partial charge on any atom is 0.344 e. The Bertz CT molecular complexity index is 684. The second-order valence-electron chi connectivity index (χ2n) is 3.53. The number of primary amides is 1. The Balaban J connectivity index is 2.24. The average Bonchev–Trinajstić information content (AvgIpc) is 2.87. The van der Waals surface area contributed by atoms with Crippen LogP contribution in [-0.4, -0.2) is 21.8 Å². The lowest BCUT2D eigenvalue weighted by molar-refractivity contribution is 0.0726. The fourth-order valence-corrected chi connectivity index (χ4v) is 1.40. The van der Waals surface area contributed by atoms with Crippen molar-refractivity contribution in [2.24, 2.45) is 5.73 Å². The number of hydrogen-bond acceptors (Lipinski definition) is 5. The molecule has 1 amide bonds. The predicted octanol–water partition coefficient (Wildman–Crippen LogP) is 0.599. The first-order chi connectivity index (χ1) is 9.11. The molecule has 1 aromatic heterocycles. The number of H-pyrrole nitrogens is 1. The van der Waals surface area contributed by atoms with E-state index >= 15 is 0 Å². The van der Waals surface area contributed by atoms with E-state index in [0.29, 0.717) is 5.56 Å². The molecule has 0 aliphatic carbocycles. The van der Waals surface area contributed by atoms with Gasteiger partial charge < -0.3 is 15.5 Å². The summed E-state index contributed by atoms with van der Waals surface area (Å²) in [7, 11) is 0. The van der Waals surface area contributed by atoms with Crippen molar-refractivity contribution in [1.82, 2.24) is 9.97 Å². The highest BCUT2D eigenvalue weighted by Gasteiger charge is 2.17. The van der Waals surface area contributed by atoms with E-state index in [1.54, 1.807) is 12.1 Å². The van der Waals surface area contributed by atoms with E-state index in [-0.39, 0.29) is 17.1 Å². The Kier molecular flexibility index (Phi) is 3.25. The summed E-state index contributed by atoms with van der Waals surface area (Å²) in [4.78, 5) is 29.0. The van der Waals surface area contributed by atoms with Crippen LogP contribution >= 0.6 is 0 Å². The first kappa shape index (κ1) is 12.3. The second kappa shape index (κ2) is 5.01. The van der Waals surface area contributed by atoms with Crippen molar-refractivity contribution in [2.45, 2.75) is 0 Å². The number of esters is 1. The zero-order chi connectivity index (χ0) is 13.8. The Labute approximate surface area is 107 Å². The number of imidazole rings is 1. The summed E-state index contributed by atoms with van der Waals surface area (Å²) < 4.78 is 4.94. The molecule has 7 nitrogen and oxygen atoms in total. The lowest BCUT2D eigenvalue weighted by Crippen LogP contribution is -2.16. The second-order valence-corrected chi connectivity index (χ2v) is 3.53. The average molecular weight is 256 g/mol. The van der Waals surface area contributed by atoms with Gasteiger partial charge in [0.15, 0.2) is 5.69 Å². The lowest BCUT2D eigenvalue weighted by atomic mass is 10.1. The van der Waals surface area contributed by atoms with Crippen LogP contribution in [0.15, 0.2) is 30.6 Å². The van der Waals surface area contributed by atoms with Gasteiger partial charge in [0.05, 0.1) is 23.5 Å². The number of nitriles is 1. The Morgan fingerprint density at radius 1 is 1.42 bits per heavy atom. The van der Waals surface area contributed by atoms with E-state index in [1.807, 2.05) is 6.07 Å². The van der Waals surface area contributed by atoms with Gasteiger partial charge in [-0.1, -0.05) is 6.07 Å². The van der Waals surface area contributed by atoms with Crippen molar-refractivity contribution >= 4 is 11.9 Å². The number of carbonyl (C=O) groups is 2. The fraction of sp³-hybridized carbons (Fsp3) is 0. The first-order valence-electron chi connectivity index (χ1n) is 5.17. The third kappa shape index (κ3) is 2.58. The van der Waals surface area contributed by atoms with Gasteiger partial charge in [-0.2, -0.15) is 5.26 Å². The minimum Gasteiger partial charge on any atom is -0.401 e. The summed E-state index contributed by atoms with van der Waals surface area (Å²) in [6, 6.07) is 7.87. The highest BCUT2D eigenvalue weighted by Crippen LogP contribution is 2.14. The molecule has 0 saturated carbocycles. The van der Waals surface area contributed by atoms with Crippen LogP contribution in [0.4, 0.5) is 0 Å². The largest absolute Gasteiger partial charge is 0.401 e. The highest BCUT2D eigenvalue weighted by atomic mass is 16.5. The van der Waals surface area contributed by atoms with Gasteiger partial charge in [-0.3, -0.25) is 4.79 Å². The van der Waals surface area contributed by atoms with Crippen molar-refractivity contribution in [2.75, 3.05) is 0 Å². The van der Waals surface area contributed by atoms with Gasteiger partial charge in [0, 0.05) is 0 Å². The van der Waals surface area contributed by atoms with Gasteiger partial charge in [-0.25, -0.2) is 9.78 Å². The molecule has 3 N–H and O–H groups in total. The Morgan fingerprint density at radius 2 is 2.21 bits per heavy atom. The number of carbonyl (C=O) groups excluding carboxylic acids is 2. The van der Waals surface area contributed by atoms with Crippen LogP contribution in [0, 0.1) is 11.3 Å². The summed E-state index contributed by atoms with van der Waals surface area (Å²) in [6.45, 7) is 0. The molecule has 0 fully saturated rings. The topological polar surface area (TPSA) is 122 Å². The van der Waals surface area contributed by atoms with E-state index in [0.717, 1.165) is 0 Å². The number of hydrogen-bond donors (Lipinski definition) is 2. The number of amides is 1. The normalized spacial score (nSPS) is 9.63. The lowest BCUT2D eigenvalue weighted by Gasteiger charge is -2.02. The minimum atomic E-state index is -0.786. The standard InChI is InChI=1S/C12H8N4O3/c13-5-7-2-1-3-8(4-7)12(18)19-11-9(10(14)17)15-6-16-11/h1-4,6H,(H2,14,17)(H,15,16). The number of benzene rings is 1. The molecular formula is C12H8N4O3. The van der Waals surface area contributed by atoms with E-state index in [2.05, 4.69) is 9.97 Å². The van der Waals surface area contributed by atoms with Crippen LogP contribution in [0.5, 0.6) is 5.88 Å². The smallest absolute Gasteiger partial charge is 0.344 e. The van der Waals surface area contributed by atoms with Crippen LogP contribution in [0.1, 0.15) is 26.4 Å². The quantitative estimate of drug-likeness (QED) is 0.778. The Morgan fingerprint density at radius 3 is 2.89 bits per heavy atom. The summed E-state index contributed by atoms with van der Waals surface area (Å²) in [5.41, 5.74) is 5.49. The molecule has 0 radical (unpaired) electrons. The highest BCUT2D eigenvalue weighted by molar-refractivity contribution is 5.96. The van der Waals surface area contributed by atoms with Crippen LogP contribution in [0.25, 0.3) is 0 Å². The molecule has 1 aromatic carbocycles. The Hall–Kier alpha value is -3.14. The SMILES string of the molecule is N#Cc1cccc(C(=O)Oc2nc[nH]c2C(N)=O)c1. The van der Waals surface area contributed by atoms with Gasteiger partial charge in [0.2, 0.25) is 0 Å². The summed E-state index contributed by atoms with van der Waals surface area (Å²) in [6.07, 6.45) is 1.19. The van der Waals surface area contributed by atoms with Crippen molar-refractivity contribution < 1.29 is 14.3 Å². The minimum absolute atomic E-state index is 0.0928. The summed E-state index contributed by atoms with van der Waals surface area (Å²) in [5, 5.41) is 8.74. The maximum absolute atomic E-state index is 11.8. The molecule has 94 valence electrons. The van der Waals surface area contributed by atoms with Crippen molar-refractivity contribution in [3.8, 4) is 11.9 Å². The third-order valence-corrected chi connectivity index (χ3v) is 2.27. The van der Waals surface area contributed by atoms with Crippen LogP contribution < -0.4 is 10.5 Å². The van der Waals surface area contributed by atoms with E-state index in [9.17, 15) is 9.59 Å². The number of nitrogens with one attached hydrogen (secondary N) is 1. The molecule has 19 heavy (non-hydrogen) atoms. The summed E-state index contributed by atoms with van der Waals surface area (Å²) in [5.74, 6) is -1.71. The molecule has 0 bridgehead atoms. The molecule has 0 atom stereocenters. The van der Waals surface area contributed by atoms with Crippen molar-refractivity contribution in [1.29, 1.82) is 5.26 Å². The number of aromatic nitrogens is 2. The molecule has 0 aliphatic rings. The zero-order valence-corrected chi connectivity index (χ0v) is 9.58. The van der Waals surface area contributed by atoms with Crippen molar-refractivity contribution in [3.63, 3.8) is 0 Å². The molecule has 0 unspecified atom stereocenters. The van der Waals surface area contributed by atoms with E-state index < -0.39 is 11.9 Å². The monoisotopic (exact) mass is 256 g/mol. The number of nitrogens with zero attached hydrogens (tertiary/aromatic N) is 2. The number of aromatic amines is 1. The van der Waals surface area contributed by atoms with E-state index in [1.165, 1.54) is 18.5 Å². The molecule has 1 heterocycles. The molecule has 0 aliphatic heterocycles. The van der Waals surface area contributed by atoms with Crippen LogP contribution in [0.3, 0.4) is 0 Å². The molecular weight excluding hydrogens is 248 g/mol. The van der Waals surface area contributed by atoms with Gasteiger partial charge in [-0.05, 0) is 18.2 Å². The van der Waals surface area contributed by atoms with Crippen LogP contribution in [-0.2, 0) is 0 Å². The van der Waals surface area contributed by atoms with Gasteiger partial charge in [0.1, 0.15) is 0 Å². The molecule has 0 saturated heterocycles. The molecule has 2 aromatic rings. The van der Waals surface area contributed by atoms with Crippen LogP contribution in [0.2, 0.25) is 0 Å². The molecule has 0 spiro atoms. The molecule has 7 heteroatoms. The predicted molar refractivity (Wildman–Crippen MR) is 63.2 cm³/mol.